The Morgan fingerprint density at radius 2 is 2.00 bits per heavy atom. The molecule has 5 heteroatoms. The number of hydrogen-bond donors (Lipinski definition) is 1. The average molecular weight is 265 g/mol. The molecule has 0 radical (unpaired) electrons. The smallest absolute Gasteiger partial charge is 0.319 e. The largest absolute Gasteiger partial charge is 0.480 e. The van der Waals surface area contributed by atoms with Gasteiger partial charge in [-0.05, 0) is 32.0 Å². The van der Waals surface area contributed by atoms with Gasteiger partial charge in [0.15, 0.2) is 0 Å². The van der Waals surface area contributed by atoms with Gasteiger partial charge >= 0.3 is 5.97 Å². The van der Waals surface area contributed by atoms with E-state index in [4.69, 9.17) is 28.3 Å². The Morgan fingerprint density at radius 1 is 1.40 bits per heavy atom. The van der Waals surface area contributed by atoms with Crippen LogP contribution in [0.1, 0.15) is 13.8 Å². The van der Waals surface area contributed by atoms with Crippen molar-refractivity contribution in [2.45, 2.75) is 23.5 Å². The van der Waals surface area contributed by atoms with Gasteiger partial charge in [0.25, 0.3) is 0 Å². The van der Waals surface area contributed by atoms with Crippen LogP contribution in [0.5, 0.6) is 0 Å². The van der Waals surface area contributed by atoms with Crippen LogP contribution >= 0.6 is 35.0 Å². The Morgan fingerprint density at radius 3 is 2.47 bits per heavy atom. The molecule has 1 aromatic carbocycles. The third-order valence-corrected chi connectivity index (χ3v) is 3.69. The van der Waals surface area contributed by atoms with Crippen LogP contribution in [0, 0.1) is 0 Å². The van der Waals surface area contributed by atoms with Gasteiger partial charge < -0.3 is 5.11 Å². The molecular formula is C10H10Cl2O2S. The van der Waals surface area contributed by atoms with E-state index >= 15 is 0 Å². The second-order valence-electron chi connectivity index (χ2n) is 3.49. The zero-order valence-electron chi connectivity index (χ0n) is 8.25. The second-order valence-corrected chi connectivity index (χ2v) is 6.00. The van der Waals surface area contributed by atoms with E-state index in [0.29, 0.717) is 14.9 Å². The molecule has 0 aliphatic heterocycles. The van der Waals surface area contributed by atoms with Crippen molar-refractivity contribution >= 4 is 40.9 Å². The molecule has 0 bridgehead atoms. The molecule has 0 aliphatic carbocycles. The summed E-state index contributed by atoms with van der Waals surface area (Å²) < 4.78 is -0.905. The quantitative estimate of drug-likeness (QED) is 0.841. The number of rotatable bonds is 3. The fraction of sp³-hybridized carbons (Fsp3) is 0.300. The molecule has 0 unspecified atom stereocenters. The maximum Gasteiger partial charge on any atom is 0.319 e. The van der Waals surface area contributed by atoms with E-state index in [9.17, 15) is 4.79 Å². The Hall–Kier alpha value is -0.380. The highest BCUT2D eigenvalue weighted by atomic mass is 35.5. The van der Waals surface area contributed by atoms with E-state index in [1.807, 2.05) is 0 Å². The molecule has 82 valence electrons. The summed E-state index contributed by atoms with van der Waals surface area (Å²) in [5, 5.41) is 9.97. The van der Waals surface area contributed by atoms with Crippen molar-refractivity contribution in [3.05, 3.63) is 28.2 Å². The zero-order chi connectivity index (χ0) is 11.6. The first-order chi connectivity index (χ1) is 6.83. The fourth-order valence-corrected chi connectivity index (χ4v) is 2.33. The van der Waals surface area contributed by atoms with Gasteiger partial charge in [-0.15, -0.1) is 11.8 Å². The third kappa shape index (κ3) is 3.30. The van der Waals surface area contributed by atoms with Gasteiger partial charge in [-0.1, -0.05) is 23.2 Å². The van der Waals surface area contributed by atoms with Gasteiger partial charge in [0, 0.05) is 9.92 Å². The van der Waals surface area contributed by atoms with Crippen LogP contribution < -0.4 is 0 Å². The fourth-order valence-electron chi connectivity index (χ4n) is 0.877. The summed E-state index contributed by atoms with van der Waals surface area (Å²) in [6.07, 6.45) is 0. The van der Waals surface area contributed by atoms with Crippen molar-refractivity contribution in [1.82, 2.24) is 0 Å². The van der Waals surface area contributed by atoms with E-state index < -0.39 is 10.7 Å². The predicted octanol–water partition coefficient (Wildman–Crippen LogP) is 3.95. The Balaban J connectivity index is 2.95. The summed E-state index contributed by atoms with van der Waals surface area (Å²) in [4.78, 5) is 11.6. The molecule has 0 fully saturated rings. The van der Waals surface area contributed by atoms with Crippen LogP contribution in [0.15, 0.2) is 23.1 Å². The standard InChI is InChI=1S/C10H10Cl2O2S/c1-10(2,9(13)14)15-8-4-3-6(11)5-7(8)12/h3-5H,1-2H3,(H,13,14). The number of carboxylic acids is 1. The molecule has 2 nitrogen and oxygen atoms in total. The summed E-state index contributed by atoms with van der Waals surface area (Å²) in [5.74, 6) is -0.876. The molecule has 0 spiro atoms. The van der Waals surface area contributed by atoms with E-state index in [2.05, 4.69) is 0 Å². The topological polar surface area (TPSA) is 37.3 Å². The Labute approximate surface area is 103 Å². The van der Waals surface area contributed by atoms with Crippen molar-refractivity contribution in [2.75, 3.05) is 0 Å². The van der Waals surface area contributed by atoms with Gasteiger partial charge in [0.05, 0.1) is 5.02 Å². The summed E-state index contributed by atoms with van der Waals surface area (Å²) in [7, 11) is 0. The van der Waals surface area contributed by atoms with Crippen molar-refractivity contribution < 1.29 is 9.90 Å². The minimum Gasteiger partial charge on any atom is -0.480 e. The number of aliphatic carboxylic acids is 1. The van der Waals surface area contributed by atoms with Gasteiger partial charge in [0.1, 0.15) is 4.75 Å². The number of hydrogen-bond acceptors (Lipinski definition) is 2. The summed E-state index contributed by atoms with van der Waals surface area (Å²) >= 11 is 12.9. The van der Waals surface area contributed by atoms with Gasteiger partial charge in [-0.25, -0.2) is 0 Å². The first-order valence-electron chi connectivity index (χ1n) is 4.20. The number of carbonyl (C=O) groups is 1. The molecule has 0 saturated heterocycles. The van der Waals surface area contributed by atoms with Crippen LogP contribution in [-0.4, -0.2) is 15.8 Å². The monoisotopic (exact) mass is 264 g/mol. The maximum absolute atomic E-state index is 10.9. The number of carboxylic acid groups (broad SMARTS) is 1. The van der Waals surface area contributed by atoms with Crippen molar-refractivity contribution in [2.24, 2.45) is 0 Å². The van der Waals surface area contributed by atoms with Crippen molar-refractivity contribution in [3.8, 4) is 0 Å². The number of halogens is 2. The first-order valence-corrected chi connectivity index (χ1v) is 5.77. The van der Waals surface area contributed by atoms with Crippen LogP contribution in [0.25, 0.3) is 0 Å². The molecular weight excluding hydrogens is 255 g/mol. The highest BCUT2D eigenvalue weighted by Crippen LogP contribution is 2.37. The average Bonchev–Trinajstić information content (AvgIpc) is 2.09. The SMILES string of the molecule is CC(C)(Sc1ccc(Cl)cc1Cl)C(=O)O. The van der Waals surface area contributed by atoms with Crippen LogP contribution in [-0.2, 0) is 4.79 Å². The van der Waals surface area contributed by atoms with Gasteiger partial charge in [-0.3, -0.25) is 4.79 Å². The van der Waals surface area contributed by atoms with E-state index in [0.717, 1.165) is 0 Å². The van der Waals surface area contributed by atoms with Crippen molar-refractivity contribution in [3.63, 3.8) is 0 Å². The van der Waals surface area contributed by atoms with Crippen LogP contribution in [0.2, 0.25) is 10.0 Å². The highest BCUT2D eigenvalue weighted by molar-refractivity contribution is 8.01. The van der Waals surface area contributed by atoms with Crippen molar-refractivity contribution in [1.29, 1.82) is 0 Å². The van der Waals surface area contributed by atoms with Crippen LogP contribution in [0.4, 0.5) is 0 Å². The van der Waals surface area contributed by atoms with Crippen LogP contribution in [0.3, 0.4) is 0 Å². The summed E-state index contributed by atoms with van der Waals surface area (Å²) in [6.45, 7) is 3.26. The molecule has 0 aromatic heterocycles. The molecule has 0 saturated carbocycles. The highest BCUT2D eigenvalue weighted by Gasteiger charge is 2.29. The third-order valence-electron chi connectivity index (χ3n) is 1.77. The van der Waals surface area contributed by atoms with Gasteiger partial charge in [-0.2, -0.15) is 0 Å². The van der Waals surface area contributed by atoms with E-state index in [1.54, 1.807) is 32.0 Å². The molecule has 0 atom stereocenters. The lowest BCUT2D eigenvalue weighted by molar-refractivity contribution is -0.138. The van der Waals surface area contributed by atoms with E-state index in [-0.39, 0.29) is 0 Å². The minimum absolute atomic E-state index is 0.474. The minimum atomic E-state index is -0.905. The normalized spacial score (nSPS) is 11.5. The van der Waals surface area contributed by atoms with E-state index in [1.165, 1.54) is 11.8 Å². The second kappa shape index (κ2) is 4.64. The molecule has 1 N–H and O–H groups in total. The lowest BCUT2D eigenvalue weighted by Gasteiger charge is -2.18. The lowest BCUT2D eigenvalue weighted by atomic mass is 10.2. The molecule has 15 heavy (non-hydrogen) atoms. The Bertz CT molecular complexity index is 391. The first kappa shape index (κ1) is 12.7. The maximum atomic E-state index is 10.9. The summed E-state index contributed by atoms with van der Waals surface area (Å²) in [6, 6.07) is 5.01. The van der Waals surface area contributed by atoms with Gasteiger partial charge in [0.2, 0.25) is 0 Å². The molecule has 0 aliphatic rings. The predicted molar refractivity (Wildman–Crippen MR) is 64.0 cm³/mol. The molecule has 1 aromatic rings. The summed E-state index contributed by atoms with van der Waals surface area (Å²) in [5.41, 5.74) is 0. The Kier molecular flexibility index (Phi) is 3.93. The number of benzene rings is 1. The lowest BCUT2D eigenvalue weighted by Crippen LogP contribution is -2.26. The molecule has 0 amide bonds. The molecule has 1 rings (SSSR count). The molecule has 0 heterocycles. The zero-order valence-corrected chi connectivity index (χ0v) is 10.6. The number of thioether (sulfide) groups is 1.